The third-order valence-electron chi connectivity index (χ3n) is 6.67. The molecule has 2 amide bonds. The minimum atomic E-state index is -4.05. The number of carbonyl (C=O) groups is 2. The fraction of sp³-hybridized carbons (Fsp3) is 0.583. The number of amides is 2. The second kappa shape index (κ2) is 10.5. The van der Waals surface area contributed by atoms with Crippen LogP contribution in [0.25, 0.3) is 0 Å². The predicted molar refractivity (Wildman–Crippen MR) is 135 cm³/mol. The van der Waals surface area contributed by atoms with Crippen LogP contribution in [0.2, 0.25) is 0 Å². The zero-order valence-corrected chi connectivity index (χ0v) is 21.6. The van der Waals surface area contributed by atoms with Gasteiger partial charge in [0.15, 0.2) is 5.04 Å². The van der Waals surface area contributed by atoms with E-state index >= 15 is 0 Å². The summed E-state index contributed by atoms with van der Waals surface area (Å²) >= 11 is 0. The summed E-state index contributed by atoms with van der Waals surface area (Å²) in [5.41, 5.74) is 5.02. The van der Waals surface area contributed by atoms with Crippen LogP contribution in [0.1, 0.15) is 39.7 Å². The van der Waals surface area contributed by atoms with Gasteiger partial charge in [-0.25, -0.2) is 18.4 Å². The Hall–Kier alpha value is -2.63. The number of hydrogen-bond donors (Lipinski definition) is 2. The molecule has 0 aromatic heterocycles. The summed E-state index contributed by atoms with van der Waals surface area (Å²) in [4.78, 5) is 35.4. The molecule has 0 spiro atoms. The first-order valence-corrected chi connectivity index (χ1v) is 13.2. The summed E-state index contributed by atoms with van der Waals surface area (Å²) in [5.74, 6) is -2.15. The van der Waals surface area contributed by atoms with Gasteiger partial charge in [0.2, 0.25) is 27.6 Å². The Labute approximate surface area is 206 Å². The molecule has 11 heteroatoms. The SMILES string of the molecule is CC(C(N)=O)C1(C)N=C(NC(=O)CCc2ccccc2)N=C1S(=O)(=O)C(C)(C)CN1CCOCC1. The molecule has 1 aromatic rings. The highest BCUT2D eigenvalue weighted by molar-refractivity contribution is 8.07. The van der Waals surface area contributed by atoms with Gasteiger partial charge in [-0.2, -0.15) is 0 Å². The Balaban J connectivity index is 1.85. The van der Waals surface area contributed by atoms with Crippen LogP contribution in [0.5, 0.6) is 0 Å². The molecule has 3 rings (SSSR count). The lowest BCUT2D eigenvalue weighted by Gasteiger charge is -2.36. The van der Waals surface area contributed by atoms with Crippen LogP contribution in [0.15, 0.2) is 40.3 Å². The van der Waals surface area contributed by atoms with Gasteiger partial charge in [-0.1, -0.05) is 37.3 Å². The third-order valence-corrected chi connectivity index (χ3v) is 9.27. The number of primary amides is 1. The summed E-state index contributed by atoms with van der Waals surface area (Å²) in [6.07, 6.45) is 0.682. The van der Waals surface area contributed by atoms with Crippen molar-refractivity contribution in [2.24, 2.45) is 21.6 Å². The molecule has 2 atom stereocenters. The van der Waals surface area contributed by atoms with E-state index < -0.39 is 31.9 Å². The number of hydrogen-bond acceptors (Lipinski definition) is 8. The molecule has 0 bridgehead atoms. The van der Waals surface area contributed by atoms with Gasteiger partial charge in [-0.15, -0.1) is 0 Å². The van der Waals surface area contributed by atoms with Crippen LogP contribution in [0.4, 0.5) is 0 Å². The number of aliphatic imine (C=N–C) groups is 2. The lowest BCUT2D eigenvalue weighted by molar-refractivity contribution is -0.122. The number of morpholine rings is 1. The zero-order chi connectivity index (χ0) is 25.9. The van der Waals surface area contributed by atoms with E-state index in [1.54, 1.807) is 13.8 Å². The Morgan fingerprint density at radius 3 is 2.46 bits per heavy atom. The van der Waals surface area contributed by atoms with Crippen molar-refractivity contribution in [2.75, 3.05) is 32.8 Å². The molecule has 0 radical (unpaired) electrons. The summed E-state index contributed by atoms with van der Waals surface area (Å²) in [6, 6.07) is 9.53. The molecule has 35 heavy (non-hydrogen) atoms. The summed E-state index contributed by atoms with van der Waals surface area (Å²) in [5, 5.41) is 2.36. The maximum absolute atomic E-state index is 13.9. The van der Waals surface area contributed by atoms with Gasteiger partial charge in [-0.3, -0.25) is 19.8 Å². The maximum Gasteiger partial charge on any atom is 0.227 e. The van der Waals surface area contributed by atoms with E-state index in [2.05, 4.69) is 15.3 Å². The highest BCUT2D eigenvalue weighted by atomic mass is 32.2. The largest absolute Gasteiger partial charge is 0.379 e. The number of nitrogens with two attached hydrogens (primary N) is 1. The number of carbonyl (C=O) groups excluding carboxylic acids is 2. The quantitative estimate of drug-likeness (QED) is 0.537. The molecule has 2 aliphatic rings. The number of sulfone groups is 1. The Morgan fingerprint density at radius 2 is 1.86 bits per heavy atom. The van der Waals surface area contributed by atoms with Crippen LogP contribution in [-0.4, -0.2) is 79.3 Å². The van der Waals surface area contributed by atoms with E-state index in [1.165, 1.54) is 13.8 Å². The van der Waals surface area contributed by atoms with E-state index in [0.29, 0.717) is 32.7 Å². The molecule has 1 aromatic carbocycles. The highest BCUT2D eigenvalue weighted by Crippen LogP contribution is 2.35. The summed E-state index contributed by atoms with van der Waals surface area (Å²) in [6.45, 7) is 8.89. The van der Waals surface area contributed by atoms with Gasteiger partial charge < -0.3 is 10.5 Å². The van der Waals surface area contributed by atoms with E-state index in [1.807, 2.05) is 35.2 Å². The average molecular weight is 506 g/mol. The van der Waals surface area contributed by atoms with Gasteiger partial charge in [0, 0.05) is 26.1 Å². The van der Waals surface area contributed by atoms with E-state index in [9.17, 15) is 18.0 Å². The van der Waals surface area contributed by atoms with Crippen molar-refractivity contribution in [1.29, 1.82) is 0 Å². The molecule has 1 saturated heterocycles. The first-order chi connectivity index (χ1) is 16.4. The van der Waals surface area contributed by atoms with Gasteiger partial charge >= 0.3 is 0 Å². The lowest BCUT2D eigenvalue weighted by Crippen LogP contribution is -2.55. The van der Waals surface area contributed by atoms with Gasteiger partial charge in [0.05, 0.1) is 23.9 Å². The molecule has 2 heterocycles. The minimum Gasteiger partial charge on any atom is -0.379 e. The Kier molecular flexibility index (Phi) is 8.13. The van der Waals surface area contributed by atoms with Gasteiger partial charge in [0.25, 0.3) is 0 Å². The van der Waals surface area contributed by atoms with Crippen molar-refractivity contribution in [1.82, 2.24) is 10.2 Å². The number of guanidine groups is 1. The van der Waals surface area contributed by atoms with Gasteiger partial charge in [-0.05, 0) is 32.8 Å². The second-order valence-electron chi connectivity index (χ2n) is 9.81. The van der Waals surface area contributed by atoms with E-state index in [4.69, 9.17) is 10.5 Å². The molecule has 192 valence electrons. The highest BCUT2D eigenvalue weighted by Gasteiger charge is 2.53. The number of rotatable bonds is 8. The average Bonchev–Trinajstić information content (AvgIpc) is 3.15. The van der Waals surface area contributed by atoms with Gasteiger partial charge in [0.1, 0.15) is 5.54 Å². The van der Waals surface area contributed by atoms with Crippen molar-refractivity contribution < 1.29 is 22.7 Å². The van der Waals surface area contributed by atoms with Crippen LogP contribution in [0.3, 0.4) is 0 Å². The number of benzene rings is 1. The zero-order valence-electron chi connectivity index (χ0n) is 20.8. The molecular weight excluding hydrogens is 470 g/mol. The lowest BCUT2D eigenvalue weighted by atomic mass is 9.88. The normalized spacial score (nSPS) is 22.3. The van der Waals surface area contributed by atoms with E-state index in [-0.39, 0.29) is 29.9 Å². The molecule has 2 unspecified atom stereocenters. The molecular formula is C24H35N5O5S. The van der Waals surface area contributed by atoms with Crippen LogP contribution in [-0.2, 0) is 30.6 Å². The standard InChI is InChI=1S/C24H35N5O5S/c1-17(20(25)31)24(4)21(35(32,33)23(2,3)16-29-12-14-34-15-13-29)27-22(28-24)26-19(30)11-10-18-8-6-5-7-9-18/h5-9,17H,10-16H2,1-4H3,(H2,25,31)(H,26,28,30). The summed E-state index contributed by atoms with van der Waals surface area (Å²) in [7, 11) is -4.05. The molecule has 3 N–H and O–H groups in total. The molecule has 0 saturated carbocycles. The summed E-state index contributed by atoms with van der Waals surface area (Å²) < 4.78 is 31.9. The van der Waals surface area contributed by atoms with Crippen molar-refractivity contribution in [3.63, 3.8) is 0 Å². The number of nitrogens with one attached hydrogen (secondary N) is 1. The third kappa shape index (κ3) is 5.96. The number of aryl methyl sites for hydroxylation is 1. The van der Waals surface area contributed by atoms with E-state index in [0.717, 1.165) is 5.56 Å². The second-order valence-corrected chi connectivity index (χ2v) is 12.3. The number of nitrogens with zero attached hydrogens (tertiary/aromatic N) is 3. The fourth-order valence-electron chi connectivity index (χ4n) is 4.18. The maximum atomic E-state index is 13.9. The Morgan fingerprint density at radius 1 is 1.23 bits per heavy atom. The van der Waals surface area contributed by atoms with Crippen LogP contribution < -0.4 is 11.1 Å². The first-order valence-electron chi connectivity index (χ1n) is 11.7. The van der Waals surface area contributed by atoms with Crippen molar-refractivity contribution in [3.05, 3.63) is 35.9 Å². The monoisotopic (exact) mass is 505 g/mol. The topological polar surface area (TPSA) is 144 Å². The van der Waals surface area contributed by atoms with Crippen LogP contribution >= 0.6 is 0 Å². The first kappa shape index (κ1) is 27.0. The van der Waals surface area contributed by atoms with Crippen molar-refractivity contribution >= 4 is 32.7 Å². The Bertz CT molecular complexity index is 1110. The van der Waals surface area contributed by atoms with Crippen molar-refractivity contribution in [2.45, 2.75) is 50.8 Å². The minimum absolute atomic E-state index is 0.126. The van der Waals surface area contributed by atoms with Crippen molar-refractivity contribution in [3.8, 4) is 0 Å². The molecule has 2 aliphatic heterocycles. The molecule has 1 fully saturated rings. The smallest absolute Gasteiger partial charge is 0.227 e. The van der Waals surface area contributed by atoms with Crippen LogP contribution in [0, 0.1) is 5.92 Å². The number of ether oxygens (including phenoxy) is 1. The molecule has 10 nitrogen and oxygen atoms in total. The molecule has 0 aliphatic carbocycles. The predicted octanol–water partition coefficient (Wildman–Crippen LogP) is 0.909. The fourth-order valence-corrected chi connectivity index (χ4v) is 6.03.